The van der Waals surface area contributed by atoms with Crippen LogP contribution in [0.3, 0.4) is 0 Å². The number of carbonyl (C=O) groups excluding carboxylic acids is 4. The van der Waals surface area contributed by atoms with Crippen LogP contribution < -0.4 is 10.6 Å². The van der Waals surface area contributed by atoms with Crippen LogP contribution in [0, 0.1) is 11.8 Å². The molecule has 2 aromatic heterocycles. The summed E-state index contributed by atoms with van der Waals surface area (Å²) in [5.41, 5.74) is -1.00. The van der Waals surface area contributed by atoms with Gasteiger partial charge in [-0.1, -0.05) is 52.0 Å². The lowest BCUT2D eigenvalue weighted by Gasteiger charge is -2.35. The number of nitrogens with one attached hydrogen (secondary N) is 4. The number of carbonyl (C=O) groups is 4. The molecule has 342 valence electrons. The van der Waals surface area contributed by atoms with E-state index in [-0.39, 0.29) is 64.5 Å². The zero-order valence-corrected chi connectivity index (χ0v) is 36.1. The van der Waals surface area contributed by atoms with E-state index in [0.717, 1.165) is 12.1 Å². The number of methoxy groups -OCH3 is 2. The summed E-state index contributed by atoms with van der Waals surface area (Å²) in [4.78, 5) is 70.1. The van der Waals surface area contributed by atoms with Crippen LogP contribution in [0.15, 0.2) is 48.8 Å². The number of amides is 4. The highest BCUT2D eigenvalue weighted by molar-refractivity contribution is 5.87. The number of benzene rings is 2. The van der Waals surface area contributed by atoms with Crippen molar-refractivity contribution in [3.63, 3.8) is 0 Å². The zero-order valence-electron chi connectivity index (χ0n) is 36.1. The average Bonchev–Trinajstić information content (AvgIpc) is 4.14. The van der Waals surface area contributed by atoms with Gasteiger partial charge in [-0.3, -0.25) is 9.59 Å². The second-order valence-electron chi connectivity index (χ2n) is 17.2. The van der Waals surface area contributed by atoms with Crippen molar-refractivity contribution in [1.29, 1.82) is 0 Å². The number of hydrogen-bond acceptors (Lipinski definition) is 10. The fraction of sp³-hybridized carbons (Fsp3) is 0.500. The number of fused-ring (bicyclic) bond motifs is 3. The number of hydrogen-bond donors (Lipinski definition) is 4. The van der Waals surface area contributed by atoms with Gasteiger partial charge < -0.3 is 49.3 Å². The predicted molar refractivity (Wildman–Crippen MR) is 221 cm³/mol. The molecule has 2 aromatic carbocycles. The van der Waals surface area contributed by atoms with Crippen molar-refractivity contribution in [2.24, 2.45) is 11.8 Å². The molecule has 4 atom stereocenters. The summed E-state index contributed by atoms with van der Waals surface area (Å²) < 4.78 is 86.4. The van der Waals surface area contributed by atoms with Gasteiger partial charge in [0.15, 0.2) is 5.79 Å². The second kappa shape index (κ2) is 16.8. The van der Waals surface area contributed by atoms with E-state index in [1.807, 2.05) is 0 Å². The van der Waals surface area contributed by atoms with Crippen LogP contribution in [0.1, 0.15) is 81.8 Å². The van der Waals surface area contributed by atoms with Gasteiger partial charge in [0.2, 0.25) is 11.8 Å². The standard InChI is InChI=1S/C44H50F4N8O8/c1-22(2)34(53-40(59)61-5)38(57)55-13-7-8-32(55)36-49-19-30(51-36)24-9-11-26-27-12-10-25(17-29(27)44(47,48)43(45,46)28(26)16-24)31-20-50-37(52-31)33-18-42(63-14-15-64-42)21-56(33)39(58)35(23(3)4)54-41(60)62-6/h9-12,16-17,19-20,22-23,32-35H,7-8,13-15,18,21H2,1-6H3,(H,49,51)(H,50,52)(H,53,59)(H,54,60)/t32?,33?,34-,35?/m0/s1. The highest BCUT2D eigenvalue weighted by Gasteiger charge is 2.63. The summed E-state index contributed by atoms with van der Waals surface area (Å²) in [6.07, 6.45) is 2.65. The van der Waals surface area contributed by atoms with Crippen molar-refractivity contribution in [3.8, 4) is 33.6 Å². The Kier molecular flexibility index (Phi) is 11.7. The van der Waals surface area contributed by atoms with E-state index in [9.17, 15) is 19.2 Å². The molecule has 4 amide bonds. The molecule has 8 rings (SSSR count). The number of alkyl halides is 4. The van der Waals surface area contributed by atoms with Crippen molar-refractivity contribution in [3.05, 3.63) is 71.6 Å². The van der Waals surface area contributed by atoms with Gasteiger partial charge in [-0.05, 0) is 47.9 Å². The third-order valence-electron chi connectivity index (χ3n) is 12.6. The van der Waals surface area contributed by atoms with Gasteiger partial charge in [-0.15, -0.1) is 0 Å². The van der Waals surface area contributed by atoms with Crippen LogP contribution >= 0.6 is 0 Å². The molecule has 4 aliphatic rings. The number of H-pyrrole nitrogens is 2. The number of likely N-dealkylation sites (tertiary alicyclic amines) is 2. The van der Waals surface area contributed by atoms with Crippen LogP contribution in [-0.4, -0.2) is 112 Å². The zero-order chi connectivity index (χ0) is 45.9. The smallest absolute Gasteiger partial charge is 0.407 e. The summed E-state index contributed by atoms with van der Waals surface area (Å²) >= 11 is 0. The Morgan fingerprint density at radius 2 is 1.20 bits per heavy atom. The van der Waals surface area contributed by atoms with E-state index in [2.05, 4.69) is 30.6 Å². The lowest BCUT2D eigenvalue weighted by atomic mass is 9.79. The molecule has 5 heterocycles. The molecule has 0 bridgehead atoms. The summed E-state index contributed by atoms with van der Waals surface area (Å²) in [7, 11) is 2.40. The summed E-state index contributed by atoms with van der Waals surface area (Å²) in [6, 6.07) is 4.81. The van der Waals surface area contributed by atoms with E-state index < -0.39 is 71.0 Å². The first-order valence-corrected chi connectivity index (χ1v) is 21.1. The lowest BCUT2D eigenvalue weighted by molar-refractivity contribution is -0.225. The first kappa shape index (κ1) is 44.6. The van der Waals surface area contributed by atoms with Crippen molar-refractivity contribution in [1.82, 2.24) is 40.4 Å². The van der Waals surface area contributed by atoms with Crippen LogP contribution in [0.4, 0.5) is 27.2 Å². The summed E-state index contributed by atoms with van der Waals surface area (Å²) in [5, 5.41) is 5.18. The Bertz CT molecular complexity index is 2450. The predicted octanol–water partition coefficient (Wildman–Crippen LogP) is 6.77. The van der Waals surface area contributed by atoms with E-state index in [4.69, 9.17) is 18.9 Å². The molecule has 0 radical (unpaired) electrons. The third-order valence-corrected chi connectivity index (χ3v) is 12.6. The summed E-state index contributed by atoms with van der Waals surface area (Å²) in [5.74, 6) is -11.1. The average molecular weight is 895 g/mol. The van der Waals surface area contributed by atoms with Gasteiger partial charge >= 0.3 is 24.0 Å². The molecule has 3 aliphatic heterocycles. The maximum atomic E-state index is 16.3. The number of rotatable bonds is 10. The van der Waals surface area contributed by atoms with Crippen molar-refractivity contribution < 1.29 is 55.7 Å². The maximum Gasteiger partial charge on any atom is 0.407 e. The maximum absolute atomic E-state index is 16.3. The van der Waals surface area contributed by atoms with Gasteiger partial charge in [0.05, 0.1) is 69.8 Å². The molecule has 16 nitrogen and oxygen atoms in total. The molecule has 3 saturated heterocycles. The monoisotopic (exact) mass is 894 g/mol. The van der Waals surface area contributed by atoms with Gasteiger partial charge in [0, 0.05) is 35.2 Å². The number of imidazole rings is 2. The van der Waals surface area contributed by atoms with Gasteiger partial charge in [-0.25, -0.2) is 19.6 Å². The fourth-order valence-corrected chi connectivity index (χ4v) is 9.15. The van der Waals surface area contributed by atoms with E-state index >= 15 is 17.6 Å². The Hall–Kier alpha value is -6.02. The van der Waals surface area contributed by atoms with E-state index in [0.29, 0.717) is 44.1 Å². The molecular weight excluding hydrogens is 845 g/mol. The molecule has 3 unspecified atom stereocenters. The number of nitrogens with zero attached hydrogens (tertiary/aromatic N) is 4. The molecule has 1 aliphatic carbocycles. The SMILES string of the molecule is COC(=O)NC(C(=O)N1CC2(CC1c1ncc(-c3ccc4c(c3)C(F)(F)C(F)(F)c3cc(-c5cnc(C6CCCN6C(=O)[C@@H](NC(=O)OC)C(C)C)[nH]5)ccc3-4)[nH]1)OCCO2)C(C)C. The fourth-order valence-electron chi connectivity index (χ4n) is 9.15. The van der Waals surface area contributed by atoms with Crippen molar-refractivity contribution in [2.45, 2.75) is 88.8 Å². The van der Waals surface area contributed by atoms with Gasteiger partial charge in [0.25, 0.3) is 0 Å². The molecule has 1 spiro atoms. The third kappa shape index (κ3) is 7.73. The minimum absolute atomic E-state index is 0.0258. The topological polar surface area (TPSA) is 193 Å². The molecule has 3 fully saturated rings. The highest BCUT2D eigenvalue weighted by Crippen LogP contribution is 2.59. The largest absolute Gasteiger partial charge is 0.453 e. The Morgan fingerprint density at radius 1 is 0.734 bits per heavy atom. The first-order valence-electron chi connectivity index (χ1n) is 21.1. The minimum atomic E-state index is -4.64. The van der Waals surface area contributed by atoms with Gasteiger partial charge in [0.1, 0.15) is 23.7 Å². The molecule has 0 saturated carbocycles. The molecule has 64 heavy (non-hydrogen) atoms. The number of alkyl carbamates (subject to hydrolysis) is 2. The first-order chi connectivity index (χ1) is 30.4. The molecule has 4 N–H and O–H groups in total. The van der Waals surface area contributed by atoms with Crippen LogP contribution in [0.5, 0.6) is 0 Å². The van der Waals surface area contributed by atoms with E-state index in [1.165, 1.54) is 49.7 Å². The Morgan fingerprint density at radius 3 is 1.67 bits per heavy atom. The van der Waals surface area contributed by atoms with Crippen LogP contribution in [0.2, 0.25) is 0 Å². The van der Waals surface area contributed by atoms with Crippen LogP contribution in [-0.2, 0) is 40.4 Å². The Labute approximate surface area is 365 Å². The quantitative estimate of drug-likeness (QED) is 0.124. The molecule has 20 heteroatoms. The van der Waals surface area contributed by atoms with E-state index in [1.54, 1.807) is 38.7 Å². The normalized spacial score (nSPS) is 21.4. The highest BCUT2D eigenvalue weighted by atomic mass is 19.3. The number of aromatic amines is 2. The number of aromatic nitrogens is 4. The van der Waals surface area contributed by atoms with Crippen molar-refractivity contribution in [2.75, 3.05) is 40.5 Å². The molecular formula is C44H50F4N8O8. The Balaban J connectivity index is 1.07. The minimum Gasteiger partial charge on any atom is -0.453 e. The summed E-state index contributed by atoms with van der Waals surface area (Å²) in [6.45, 7) is 8.15. The van der Waals surface area contributed by atoms with Crippen LogP contribution in [0.25, 0.3) is 33.6 Å². The van der Waals surface area contributed by atoms with Crippen molar-refractivity contribution >= 4 is 24.0 Å². The van der Waals surface area contributed by atoms with Gasteiger partial charge in [-0.2, -0.15) is 17.6 Å². The number of halogens is 4. The molecule has 4 aromatic rings. The number of ether oxygens (including phenoxy) is 4. The second-order valence-corrected chi connectivity index (χ2v) is 17.2. The lowest BCUT2D eigenvalue weighted by Crippen LogP contribution is -2.52.